The number of hydrogen-bond donors (Lipinski definition) is 1. The van der Waals surface area contributed by atoms with E-state index in [0.717, 1.165) is 60.2 Å². The molecule has 1 N–H and O–H groups in total. The molecular formula is C36H42ClN3O6S. The van der Waals surface area contributed by atoms with Gasteiger partial charge in [0, 0.05) is 42.7 Å². The molecule has 2 amide bonds. The number of sulfonamides is 1. The summed E-state index contributed by atoms with van der Waals surface area (Å²) in [6.45, 7) is 2.53. The Hall–Kier alpha value is -3.76. The Labute approximate surface area is 282 Å². The molecule has 0 saturated heterocycles. The molecular weight excluding hydrogens is 638 g/mol. The number of carbonyl (C=O) groups excluding carboxylic acids is 2. The summed E-state index contributed by atoms with van der Waals surface area (Å²) in [6.07, 6.45) is 5.24. The maximum Gasteiger partial charge on any atom is 0.264 e. The zero-order chi connectivity index (χ0) is 33.0. The molecule has 1 saturated carbocycles. The number of halogens is 1. The monoisotopic (exact) mass is 679 g/mol. The van der Waals surface area contributed by atoms with Gasteiger partial charge >= 0.3 is 0 Å². The summed E-state index contributed by atoms with van der Waals surface area (Å²) in [4.78, 5) is 31.5. The van der Waals surface area contributed by atoms with Crippen molar-refractivity contribution in [2.75, 3.05) is 37.4 Å². The second-order valence-electron chi connectivity index (χ2n) is 12.8. The standard InChI is InChI=1S/C36H42ClN3O6S/c1-45-31-13-7-25(8-14-31)22-40-18-4-5-19-47(43,44)38-35(41)27-11-16-34-33(21-27)39(23-28-10-15-32(28)36(40)42)17-3-2-6-26-20-30(37)12-9-29(26)24-46-34/h7-9,11-14,16,20-21,28,32H,2-6,10,15,17-19,22-24H2,1H3,(H,38,41)/t28-,32+/m0/s1. The van der Waals surface area contributed by atoms with Gasteiger partial charge in [0.25, 0.3) is 5.91 Å². The fraction of sp³-hybridized carbons (Fsp3) is 0.444. The summed E-state index contributed by atoms with van der Waals surface area (Å²) in [6, 6.07) is 18.6. The van der Waals surface area contributed by atoms with E-state index in [9.17, 15) is 18.0 Å². The summed E-state index contributed by atoms with van der Waals surface area (Å²) in [5.74, 6) is 0.596. The molecule has 3 aliphatic rings. The number of carbonyl (C=O) groups is 2. The third-order valence-corrected chi connectivity index (χ3v) is 11.2. The summed E-state index contributed by atoms with van der Waals surface area (Å²) in [5.41, 5.74) is 4.17. The predicted molar refractivity (Wildman–Crippen MR) is 182 cm³/mol. The van der Waals surface area contributed by atoms with E-state index < -0.39 is 15.9 Å². The van der Waals surface area contributed by atoms with Gasteiger partial charge in [-0.25, -0.2) is 13.1 Å². The van der Waals surface area contributed by atoms with Crippen LogP contribution in [0.1, 0.15) is 65.6 Å². The highest BCUT2D eigenvalue weighted by Crippen LogP contribution is 2.40. The number of benzene rings is 3. The minimum atomic E-state index is -3.89. The first-order valence-electron chi connectivity index (χ1n) is 16.4. The molecule has 2 heterocycles. The van der Waals surface area contributed by atoms with E-state index in [0.29, 0.717) is 56.4 Å². The third-order valence-electron chi connectivity index (χ3n) is 9.61. The molecule has 250 valence electrons. The van der Waals surface area contributed by atoms with E-state index >= 15 is 0 Å². The van der Waals surface area contributed by atoms with Gasteiger partial charge in [-0.3, -0.25) is 9.59 Å². The molecule has 2 bridgehead atoms. The van der Waals surface area contributed by atoms with Crippen molar-refractivity contribution in [1.29, 1.82) is 0 Å². The minimum absolute atomic E-state index is 0.107. The Kier molecular flexibility index (Phi) is 10.3. The Morgan fingerprint density at radius 2 is 1.74 bits per heavy atom. The second kappa shape index (κ2) is 14.6. The molecule has 1 fully saturated rings. The van der Waals surface area contributed by atoms with E-state index in [1.54, 1.807) is 25.3 Å². The number of rotatable bonds is 3. The maximum absolute atomic E-state index is 14.1. The van der Waals surface area contributed by atoms with Crippen molar-refractivity contribution < 1.29 is 27.5 Å². The third kappa shape index (κ3) is 8.04. The van der Waals surface area contributed by atoms with E-state index in [1.165, 1.54) is 0 Å². The van der Waals surface area contributed by atoms with E-state index in [-0.39, 0.29) is 29.1 Å². The first kappa shape index (κ1) is 33.2. The predicted octanol–water partition coefficient (Wildman–Crippen LogP) is 5.98. The average Bonchev–Trinajstić information content (AvgIpc) is 3.07. The van der Waals surface area contributed by atoms with Crippen molar-refractivity contribution in [3.63, 3.8) is 0 Å². The Morgan fingerprint density at radius 3 is 2.51 bits per heavy atom. The van der Waals surface area contributed by atoms with Crippen LogP contribution in [0.4, 0.5) is 5.69 Å². The average molecular weight is 680 g/mol. The molecule has 6 rings (SSSR count). The normalized spacial score (nSPS) is 22.0. The number of anilines is 1. The number of ether oxygens (including phenoxy) is 2. The molecule has 2 aliphatic heterocycles. The fourth-order valence-corrected chi connectivity index (χ4v) is 8.06. The lowest BCUT2D eigenvalue weighted by Crippen LogP contribution is -2.47. The van der Waals surface area contributed by atoms with Gasteiger partial charge in [0.2, 0.25) is 15.9 Å². The number of hydrogen-bond acceptors (Lipinski definition) is 7. The fourth-order valence-electron chi connectivity index (χ4n) is 6.77. The van der Waals surface area contributed by atoms with Crippen LogP contribution in [0.25, 0.3) is 0 Å². The van der Waals surface area contributed by atoms with Crippen LogP contribution in [-0.4, -0.2) is 57.6 Å². The number of methoxy groups -OCH3 is 1. The smallest absolute Gasteiger partial charge is 0.264 e. The zero-order valence-corrected chi connectivity index (χ0v) is 28.3. The van der Waals surface area contributed by atoms with Gasteiger partial charge in [0.05, 0.1) is 18.6 Å². The van der Waals surface area contributed by atoms with Crippen LogP contribution in [0.15, 0.2) is 60.7 Å². The molecule has 47 heavy (non-hydrogen) atoms. The zero-order valence-electron chi connectivity index (χ0n) is 26.8. The molecule has 3 aromatic carbocycles. The molecule has 11 heteroatoms. The lowest BCUT2D eigenvalue weighted by molar-refractivity contribution is -0.141. The highest BCUT2D eigenvalue weighted by molar-refractivity contribution is 7.90. The highest BCUT2D eigenvalue weighted by Gasteiger charge is 2.40. The Bertz CT molecular complexity index is 1710. The van der Waals surface area contributed by atoms with E-state index in [1.807, 2.05) is 47.4 Å². The summed E-state index contributed by atoms with van der Waals surface area (Å²) >= 11 is 6.33. The summed E-state index contributed by atoms with van der Waals surface area (Å²) in [5, 5.41) is 0.692. The molecule has 0 radical (unpaired) electrons. The number of aryl methyl sites for hydroxylation is 1. The molecule has 0 spiro atoms. The second-order valence-corrected chi connectivity index (χ2v) is 15.1. The molecule has 0 unspecified atom stereocenters. The maximum atomic E-state index is 14.1. The van der Waals surface area contributed by atoms with Gasteiger partial charge in [-0.15, -0.1) is 0 Å². The van der Waals surface area contributed by atoms with Gasteiger partial charge in [-0.1, -0.05) is 29.8 Å². The summed E-state index contributed by atoms with van der Waals surface area (Å²) in [7, 11) is -2.27. The van der Waals surface area contributed by atoms with Gasteiger partial charge in [-0.05, 0) is 110 Å². The van der Waals surface area contributed by atoms with Crippen LogP contribution in [0.5, 0.6) is 11.5 Å². The van der Waals surface area contributed by atoms with Crippen LogP contribution < -0.4 is 19.1 Å². The van der Waals surface area contributed by atoms with Crippen molar-refractivity contribution in [1.82, 2.24) is 9.62 Å². The molecule has 1 aliphatic carbocycles. The molecule has 3 aromatic rings. The van der Waals surface area contributed by atoms with Gasteiger partial charge in [-0.2, -0.15) is 0 Å². The van der Waals surface area contributed by atoms with E-state index in [2.05, 4.69) is 9.62 Å². The lowest BCUT2D eigenvalue weighted by Gasteiger charge is -2.42. The molecule has 0 aromatic heterocycles. The van der Waals surface area contributed by atoms with Crippen molar-refractivity contribution in [3.05, 3.63) is 87.9 Å². The largest absolute Gasteiger partial charge is 0.497 e. The molecule has 9 nitrogen and oxygen atoms in total. The van der Waals surface area contributed by atoms with Crippen molar-refractivity contribution in [3.8, 4) is 11.5 Å². The van der Waals surface area contributed by atoms with Crippen LogP contribution in [0.2, 0.25) is 5.02 Å². The van der Waals surface area contributed by atoms with Crippen molar-refractivity contribution in [2.45, 2.75) is 58.1 Å². The van der Waals surface area contributed by atoms with Crippen molar-refractivity contribution >= 4 is 39.1 Å². The van der Waals surface area contributed by atoms with Crippen LogP contribution in [-0.2, 0) is 34.4 Å². The Morgan fingerprint density at radius 1 is 0.936 bits per heavy atom. The van der Waals surface area contributed by atoms with Crippen LogP contribution >= 0.6 is 11.6 Å². The first-order chi connectivity index (χ1) is 22.7. The van der Waals surface area contributed by atoms with Gasteiger partial charge in [0.1, 0.15) is 18.1 Å². The topological polar surface area (TPSA) is 105 Å². The SMILES string of the molecule is COc1ccc(CN2CCCCS(=O)(=O)NC(=O)c3ccc4c(c3)N(CCCCc3cc(Cl)ccc3CO4)C[C@@H]3CC[C@H]3C2=O)cc1. The van der Waals surface area contributed by atoms with Crippen LogP contribution in [0.3, 0.4) is 0 Å². The summed E-state index contributed by atoms with van der Waals surface area (Å²) < 4.78 is 39.9. The van der Waals surface area contributed by atoms with Gasteiger partial charge < -0.3 is 19.3 Å². The number of fused-ring (bicyclic) bond motifs is 3. The van der Waals surface area contributed by atoms with Gasteiger partial charge in [0.15, 0.2) is 0 Å². The first-order valence-corrected chi connectivity index (χ1v) is 18.5. The van der Waals surface area contributed by atoms with E-state index in [4.69, 9.17) is 21.1 Å². The number of nitrogens with one attached hydrogen (secondary N) is 1. The van der Waals surface area contributed by atoms with Crippen molar-refractivity contribution in [2.24, 2.45) is 11.8 Å². The minimum Gasteiger partial charge on any atom is -0.497 e. The quantitative estimate of drug-likeness (QED) is 0.363. The highest BCUT2D eigenvalue weighted by atomic mass is 35.5. The number of amides is 2. The molecule has 2 atom stereocenters. The lowest BCUT2D eigenvalue weighted by atomic mass is 9.72. The number of nitrogens with zero attached hydrogens (tertiary/aromatic N) is 2. The Balaban J connectivity index is 1.32. The van der Waals surface area contributed by atoms with Crippen LogP contribution in [0, 0.1) is 11.8 Å².